The van der Waals surface area contributed by atoms with E-state index in [9.17, 15) is 4.39 Å². The van der Waals surface area contributed by atoms with E-state index < -0.39 is 0 Å². The molecule has 1 aromatic carbocycles. The molecule has 0 spiro atoms. The van der Waals surface area contributed by atoms with Crippen molar-refractivity contribution in [1.82, 2.24) is 0 Å². The third kappa shape index (κ3) is 1.91. The number of halogens is 1. The first kappa shape index (κ1) is 9.84. The van der Waals surface area contributed by atoms with Crippen molar-refractivity contribution in [1.29, 1.82) is 0 Å². The molecule has 1 aromatic rings. The maximum Gasteiger partial charge on any atom is 0.169 e. The normalized spacial score (nSPS) is 10.1. The fraction of sp³-hybridized carbons (Fsp3) is 0.400. The Morgan fingerprint density at radius 2 is 1.92 bits per heavy atom. The van der Waals surface area contributed by atoms with Crippen molar-refractivity contribution >= 4 is 11.4 Å². The minimum atomic E-state index is -0.314. The van der Waals surface area contributed by atoms with E-state index in [1.54, 1.807) is 18.2 Å². The molecular weight excluding hydrogens is 167 g/mol. The number of anilines is 2. The third-order valence-electron chi connectivity index (χ3n) is 2.11. The Hall–Kier alpha value is -1.25. The predicted octanol–water partition coefficient (Wildman–Crippen LogP) is 2.25. The van der Waals surface area contributed by atoms with Gasteiger partial charge in [0.05, 0.1) is 11.4 Å². The van der Waals surface area contributed by atoms with Gasteiger partial charge in [0, 0.05) is 13.1 Å². The van der Waals surface area contributed by atoms with Crippen molar-refractivity contribution in [3.8, 4) is 0 Å². The summed E-state index contributed by atoms with van der Waals surface area (Å²) in [6.07, 6.45) is 0. The number of nitrogens with zero attached hydrogens (tertiary/aromatic N) is 1. The lowest BCUT2D eigenvalue weighted by Crippen LogP contribution is -2.23. The first-order valence-electron chi connectivity index (χ1n) is 4.49. The standard InChI is InChI=1S/C10H15FN2/c1-3-13(4-2)9-7-5-6-8(12)10(9)11/h5-7H,3-4,12H2,1-2H3. The smallest absolute Gasteiger partial charge is 0.169 e. The van der Waals surface area contributed by atoms with E-state index in [-0.39, 0.29) is 11.5 Å². The van der Waals surface area contributed by atoms with Gasteiger partial charge in [0.15, 0.2) is 5.82 Å². The highest BCUT2D eigenvalue weighted by Gasteiger charge is 2.09. The largest absolute Gasteiger partial charge is 0.396 e. The van der Waals surface area contributed by atoms with E-state index in [2.05, 4.69) is 0 Å². The van der Waals surface area contributed by atoms with Gasteiger partial charge in [-0.2, -0.15) is 0 Å². The Bertz CT molecular complexity index is 282. The Morgan fingerprint density at radius 3 is 2.46 bits per heavy atom. The quantitative estimate of drug-likeness (QED) is 0.726. The molecule has 72 valence electrons. The fourth-order valence-electron chi connectivity index (χ4n) is 1.35. The van der Waals surface area contributed by atoms with Crippen LogP contribution in [0.25, 0.3) is 0 Å². The van der Waals surface area contributed by atoms with Crippen molar-refractivity contribution in [3.63, 3.8) is 0 Å². The molecule has 2 nitrogen and oxygen atoms in total. The highest BCUT2D eigenvalue weighted by atomic mass is 19.1. The SMILES string of the molecule is CCN(CC)c1cccc(N)c1F. The van der Waals surface area contributed by atoms with Gasteiger partial charge in [0.25, 0.3) is 0 Å². The van der Waals surface area contributed by atoms with Gasteiger partial charge >= 0.3 is 0 Å². The molecule has 0 atom stereocenters. The zero-order valence-electron chi connectivity index (χ0n) is 8.05. The van der Waals surface area contributed by atoms with Gasteiger partial charge in [-0.15, -0.1) is 0 Å². The summed E-state index contributed by atoms with van der Waals surface area (Å²) in [4.78, 5) is 1.94. The van der Waals surface area contributed by atoms with E-state index in [1.807, 2.05) is 18.7 Å². The van der Waals surface area contributed by atoms with Crippen LogP contribution >= 0.6 is 0 Å². The van der Waals surface area contributed by atoms with Crippen LogP contribution in [-0.2, 0) is 0 Å². The van der Waals surface area contributed by atoms with Gasteiger partial charge in [0.2, 0.25) is 0 Å². The van der Waals surface area contributed by atoms with Crippen molar-refractivity contribution in [2.45, 2.75) is 13.8 Å². The number of nitrogen functional groups attached to an aromatic ring is 1. The Kier molecular flexibility index (Phi) is 3.12. The number of rotatable bonds is 3. The molecule has 0 bridgehead atoms. The van der Waals surface area contributed by atoms with Crippen molar-refractivity contribution in [2.24, 2.45) is 0 Å². The van der Waals surface area contributed by atoms with Gasteiger partial charge in [-0.3, -0.25) is 0 Å². The van der Waals surface area contributed by atoms with E-state index in [1.165, 1.54) is 0 Å². The molecule has 13 heavy (non-hydrogen) atoms. The first-order chi connectivity index (χ1) is 6.20. The minimum absolute atomic E-state index is 0.212. The monoisotopic (exact) mass is 182 g/mol. The molecule has 0 radical (unpaired) electrons. The van der Waals surface area contributed by atoms with Crippen molar-refractivity contribution in [2.75, 3.05) is 23.7 Å². The highest BCUT2D eigenvalue weighted by molar-refractivity contribution is 5.57. The maximum absolute atomic E-state index is 13.5. The van der Waals surface area contributed by atoms with Gasteiger partial charge in [-0.1, -0.05) is 6.07 Å². The minimum Gasteiger partial charge on any atom is -0.396 e. The summed E-state index contributed by atoms with van der Waals surface area (Å²) in [5.41, 5.74) is 6.27. The van der Waals surface area contributed by atoms with Crippen LogP contribution in [0.1, 0.15) is 13.8 Å². The van der Waals surface area contributed by atoms with Crippen LogP contribution in [-0.4, -0.2) is 13.1 Å². The number of benzene rings is 1. The van der Waals surface area contributed by atoms with Gasteiger partial charge in [-0.05, 0) is 26.0 Å². The fourth-order valence-corrected chi connectivity index (χ4v) is 1.35. The molecule has 0 heterocycles. The predicted molar refractivity (Wildman–Crippen MR) is 54.4 cm³/mol. The maximum atomic E-state index is 13.5. The van der Waals surface area contributed by atoms with Crippen LogP contribution in [0.3, 0.4) is 0 Å². The second-order valence-corrected chi connectivity index (χ2v) is 2.85. The van der Waals surface area contributed by atoms with Crippen molar-refractivity contribution in [3.05, 3.63) is 24.0 Å². The molecule has 0 aliphatic rings. The molecule has 0 aliphatic carbocycles. The van der Waals surface area contributed by atoms with Gasteiger partial charge < -0.3 is 10.6 Å². The number of hydrogen-bond acceptors (Lipinski definition) is 2. The second-order valence-electron chi connectivity index (χ2n) is 2.85. The molecule has 0 aliphatic heterocycles. The molecule has 0 amide bonds. The lowest BCUT2D eigenvalue weighted by Gasteiger charge is -2.21. The molecule has 0 unspecified atom stereocenters. The lowest BCUT2D eigenvalue weighted by molar-refractivity contribution is 0.624. The topological polar surface area (TPSA) is 29.3 Å². The zero-order chi connectivity index (χ0) is 9.84. The van der Waals surface area contributed by atoms with Gasteiger partial charge in [0.1, 0.15) is 0 Å². The Labute approximate surface area is 78.2 Å². The van der Waals surface area contributed by atoms with Crippen LogP contribution in [0.15, 0.2) is 18.2 Å². The highest BCUT2D eigenvalue weighted by Crippen LogP contribution is 2.23. The molecule has 0 aromatic heterocycles. The molecule has 0 saturated carbocycles. The second kappa shape index (κ2) is 4.12. The van der Waals surface area contributed by atoms with Crippen LogP contribution in [0, 0.1) is 5.82 Å². The first-order valence-corrected chi connectivity index (χ1v) is 4.49. The van der Waals surface area contributed by atoms with Crippen LogP contribution in [0.2, 0.25) is 0 Å². The average Bonchev–Trinajstić information content (AvgIpc) is 2.14. The molecule has 2 N–H and O–H groups in total. The van der Waals surface area contributed by atoms with Gasteiger partial charge in [-0.25, -0.2) is 4.39 Å². The Morgan fingerprint density at radius 1 is 1.31 bits per heavy atom. The van der Waals surface area contributed by atoms with Crippen LogP contribution < -0.4 is 10.6 Å². The summed E-state index contributed by atoms with van der Waals surface area (Å²) in [5.74, 6) is -0.314. The van der Waals surface area contributed by atoms with Crippen molar-refractivity contribution < 1.29 is 4.39 Å². The third-order valence-corrected chi connectivity index (χ3v) is 2.11. The Balaban J connectivity index is 3.05. The van der Waals surface area contributed by atoms with E-state index in [0.29, 0.717) is 5.69 Å². The molecular formula is C10H15FN2. The average molecular weight is 182 g/mol. The van der Waals surface area contributed by atoms with Crippen LogP contribution in [0.4, 0.5) is 15.8 Å². The number of nitrogens with two attached hydrogens (primary N) is 1. The summed E-state index contributed by atoms with van der Waals surface area (Å²) in [7, 11) is 0. The lowest BCUT2D eigenvalue weighted by atomic mass is 10.2. The molecule has 0 saturated heterocycles. The molecule has 3 heteroatoms. The zero-order valence-corrected chi connectivity index (χ0v) is 8.05. The van der Waals surface area contributed by atoms with E-state index >= 15 is 0 Å². The molecule has 0 fully saturated rings. The van der Waals surface area contributed by atoms with Crippen LogP contribution in [0.5, 0.6) is 0 Å². The summed E-state index contributed by atoms with van der Waals surface area (Å²) in [6, 6.07) is 5.09. The summed E-state index contributed by atoms with van der Waals surface area (Å²) in [5, 5.41) is 0. The molecule has 1 rings (SSSR count). The summed E-state index contributed by atoms with van der Waals surface area (Å²) < 4.78 is 13.5. The van der Waals surface area contributed by atoms with E-state index in [0.717, 1.165) is 13.1 Å². The summed E-state index contributed by atoms with van der Waals surface area (Å²) in [6.45, 7) is 5.56. The summed E-state index contributed by atoms with van der Waals surface area (Å²) >= 11 is 0. The number of hydrogen-bond donors (Lipinski definition) is 1. The van der Waals surface area contributed by atoms with E-state index in [4.69, 9.17) is 5.73 Å².